The molecule has 0 saturated heterocycles. The molecule has 1 aromatic carbocycles. The second-order valence-electron chi connectivity index (χ2n) is 4.93. The Morgan fingerprint density at radius 1 is 1.19 bits per heavy atom. The summed E-state index contributed by atoms with van der Waals surface area (Å²) in [6.07, 6.45) is 4.07. The predicted octanol–water partition coefficient (Wildman–Crippen LogP) is 2.22. The maximum absolute atomic E-state index is 5.31. The van der Waals surface area contributed by atoms with Crippen molar-refractivity contribution in [3.8, 4) is 11.4 Å². The van der Waals surface area contributed by atoms with Crippen LogP contribution in [0.3, 0.4) is 0 Å². The fraction of sp³-hybridized carbons (Fsp3) is 0.333. The van der Waals surface area contributed by atoms with Crippen LogP contribution >= 0.6 is 0 Å². The van der Waals surface area contributed by atoms with Gasteiger partial charge in [-0.15, -0.1) is 0 Å². The Hall–Kier alpha value is -2.34. The first-order valence-electron chi connectivity index (χ1n) is 7.03. The number of hydrogen-bond donors (Lipinski definition) is 1. The smallest absolute Gasteiger partial charge is 0.228 e. The standard InChI is InChI=1S/C15H17N5O/c1-3-16-10(2)8-14-19-15(20-21-14)11-4-5-12-13(9-11)18-7-6-17-12/h4-7,9-10,16H,3,8H2,1-2H3. The van der Waals surface area contributed by atoms with Crippen molar-refractivity contribution >= 4 is 11.0 Å². The van der Waals surface area contributed by atoms with Gasteiger partial charge in [-0.3, -0.25) is 9.97 Å². The van der Waals surface area contributed by atoms with Gasteiger partial charge in [-0.05, 0) is 31.7 Å². The fourth-order valence-electron chi connectivity index (χ4n) is 2.24. The topological polar surface area (TPSA) is 76.7 Å². The second kappa shape index (κ2) is 5.97. The molecule has 6 heteroatoms. The fourth-order valence-corrected chi connectivity index (χ4v) is 2.24. The van der Waals surface area contributed by atoms with Crippen molar-refractivity contribution in [2.45, 2.75) is 26.3 Å². The van der Waals surface area contributed by atoms with Crippen LogP contribution < -0.4 is 5.32 Å². The molecule has 21 heavy (non-hydrogen) atoms. The minimum atomic E-state index is 0.311. The summed E-state index contributed by atoms with van der Waals surface area (Å²) in [5.74, 6) is 1.22. The van der Waals surface area contributed by atoms with Crippen molar-refractivity contribution in [2.75, 3.05) is 6.54 Å². The van der Waals surface area contributed by atoms with Crippen LogP contribution in [0.4, 0.5) is 0 Å². The molecule has 0 aliphatic carbocycles. The minimum absolute atomic E-state index is 0.311. The molecule has 3 aromatic rings. The maximum atomic E-state index is 5.31. The van der Waals surface area contributed by atoms with E-state index in [0.29, 0.717) is 24.2 Å². The van der Waals surface area contributed by atoms with Crippen molar-refractivity contribution in [2.24, 2.45) is 0 Å². The third-order valence-electron chi connectivity index (χ3n) is 3.23. The third kappa shape index (κ3) is 3.05. The van der Waals surface area contributed by atoms with Gasteiger partial charge in [0, 0.05) is 30.4 Å². The number of aromatic nitrogens is 4. The van der Waals surface area contributed by atoms with E-state index in [0.717, 1.165) is 23.1 Å². The number of nitrogens with zero attached hydrogens (tertiary/aromatic N) is 4. The van der Waals surface area contributed by atoms with Crippen LogP contribution in [0.25, 0.3) is 22.4 Å². The Morgan fingerprint density at radius 2 is 2.00 bits per heavy atom. The first-order valence-corrected chi connectivity index (χ1v) is 7.03. The molecule has 1 unspecified atom stereocenters. The van der Waals surface area contributed by atoms with E-state index in [-0.39, 0.29) is 0 Å². The summed E-state index contributed by atoms with van der Waals surface area (Å²) in [6, 6.07) is 6.07. The van der Waals surface area contributed by atoms with Gasteiger partial charge in [0.05, 0.1) is 11.0 Å². The summed E-state index contributed by atoms with van der Waals surface area (Å²) in [4.78, 5) is 13.0. The molecule has 2 aromatic heterocycles. The Labute approximate surface area is 122 Å². The lowest BCUT2D eigenvalue weighted by atomic mass is 10.2. The van der Waals surface area contributed by atoms with Crippen LogP contribution in [-0.4, -0.2) is 32.7 Å². The van der Waals surface area contributed by atoms with Crippen molar-refractivity contribution in [1.82, 2.24) is 25.4 Å². The minimum Gasteiger partial charge on any atom is -0.339 e. The highest BCUT2D eigenvalue weighted by Crippen LogP contribution is 2.20. The van der Waals surface area contributed by atoms with E-state index in [1.165, 1.54) is 0 Å². The summed E-state index contributed by atoms with van der Waals surface area (Å²) in [6.45, 7) is 5.09. The Bertz CT molecular complexity index is 740. The highest BCUT2D eigenvalue weighted by molar-refractivity contribution is 5.79. The van der Waals surface area contributed by atoms with Gasteiger partial charge >= 0.3 is 0 Å². The molecule has 108 valence electrons. The van der Waals surface area contributed by atoms with Gasteiger partial charge in [0.25, 0.3) is 0 Å². The molecule has 0 saturated carbocycles. The second-order valence-corrected chi connectivity index (χ2v) is 4.93. The first kappa shape index (κ1) is 13.6. The van der Waals surface area contributed by atoms with E-state index in [4.69, 9.17) is 4.52 Å². The Balaban J connectivity index is 1.84. The van der Waals surface area contributed by atoms with Crippen molar-refractivity contribution in [1.29, 1.82) is 0 Å². The lowest BCUT2D eigenvalue weighted by Gasteiger charge is -2.07. The largest absolute Gasteiger partial charge is 0.339 e. The number of hydrogen-bond acceptors (Lipinski definition) is 6. The zero-order valence-corrected chi connectivity index (χ0v) is 12.1. The molecule has 3 rings (SSSR count). The highest BCUT2D eigenvalue weighted by atomic mass is 16.5. The molecule has 0 radical (unpaired) electrons. The zero-order valence-electron chi connectivity index (χ0n) is 12.1. The number of benzene rings is 1. The zero-order chi connectivity index (χ0) is 14.7. The molecule has 0 aliphatic heterocycles. The van der Waals surface area contributed by atoms with Crippen LogP contribution in [0, 0.1) is 0 Å². The van der Waals surface area contributed by atoms with Gasteiger partial charge in [-0.1, -0.05) is 12.1 Å². The SMILES string of the molecule is CCNC(C)Cc1nc(-c2ccc3nccnc3c2)no1. The number of nitrogens with one attached hydrogen (secondary N) is 1. The first-order chi connectivity index (χ1) is 10.3. The van der Waals surface area contributed by atoms with Crippen molar-refractivity contribution in [3.05, 3.63) is 36.5 Å². The molecule has 0 bridgehead atoms. The van der Waals surface area contributed by atoms with E-state index in [1.807, 2.05) is 18.2 Å². The quantitative estimate of drug-likeness (QED) is 0.773. The molecule has 1 atom stereocenters. The Kier molecular flexibility index (Phi) is 3.87. The van der Waals surface area contributed by atoms with E-state index >= 15 is 0 Å². The Morgan fingerprint density at radius 3 is 2.81 bits per heavy atom. The van der Waals surface area contributed by atoms with E-state index < -0.39 is 0 Å². The summed E-state index contributed by atoms with van der Waals surface area (Å²) in [7, 11) is 0. The lowest BCUT2D eigenvalue weighted by molar-refractivity contribution is 0.363. The van der Waals surface area contributed by atoms with Gasteiger partial charge in [0.1, 0.15) is 0 Å². The number of fused-ring (bicyclic) bond motifs is 1. The number of rotatable bonds is 5. The summed E-state index contributed by atoms with van der Waals surface area (Å²) < 4.78 is 5.31. The third-order valence-corrected chi connectivity index (χ3v) is 3.23. The molecular formula is C15H17N5O. The average Bonchev–Trinajstić information content (AvgIpc) is 2.95. The van der Waals surface area contributed by atoms with Gasteiger partial charge in [-0.2, -0.15) is 4.98 Å². The van der Waals surface area contributed by atoms with Gasteiger partial charge in [-0.25, -0.2) is 0 Å². The van der Waals surface area contributed by atoms with Crippen LogP contribution in [-0.2, 0) is 6.42 Å². The van der Waals surface area contributed by atoms with E-state index in [2.05, 4.69) is 39.3 Å². The van der Waals surface area contributed by atoms with Gasteiger partial charge < -0.3 is 9.84 Å². The van der Waals surface area contributed by atoms with Crippen LogP contribution in [0.5, 0.6) is 0 Å². The summed E-state index contributed by atoms with van der Waals surface area (Å²) in [5, 5.41) is 7.37. The van der Waals surface area contributed by atoms with Crippen LogP contribution in [0.1, 0.15) is 19.7 Å². The van der Waals surface area contributed by atoms with E-state index in [9.17, 15) is 0 Å². The maximum Gasteiger partial charge on any atom is 0.228 e. The highest BCUT2D eigenvalue weighted by Gasteiger charge is 2.12. The molecule has 6 nitrogen and oxygen atoms in total. The molecule has 2 heterocycles. The molecule has 0 amide bonds. The average molecular weight is 283 g/mol. The predicted molar refractivity (Wildman–Crippen MR) is 79.7 cm³/mol. The molecule has 0 aliphatic rings. The van der Waals surface area contributed by atoms with E-state index in [1.54, 1.807) is 12.4 Å². The monoisotopic (exact) mass is 283 g/mol. The van der Waals surface area contributed by atoms with Crippen molar-refractivity contribution < 1.29 is 4.52 Å². The lowest BCUT2D eigenvalue weighted by Crippen LogP contribution is -2.27. The van der Waals surface area contributed by atoms with Crippen LogP contribution in [0.15, 0.2) is 35.1 Å². The molecule has 0 fully saturated rings. The molecule has 0 spiro atoms. The normalized spacial score (nSPS) is 12.7. The number of likely N-dealkylation sites (N-methyl/N-ethyl adjacent to an activating group) is 1. The summed E-state index contributed by atoms with van der Waals surface area (Å²) >= 11 is 0. The van der Waals surface area contributed by atoms with Gasteiger partial charge in [0.15, 0.2) is 0 Å². The molecular weight excluding hydrogens is 266 g/mol. The molecule has 1 N–H and O–H groups in total. The summed E-state index contributed by atoms with van der Waals surface area (Å²) in [5.41, 5.74) is 2.56. The van der Waals surface area contributed by atoms with Crippen LogP contribution in [0.2, 0.25) is 0 Å². The van der Waals surface area contributed by atoms with Gasteiger partial charge in [0.2, 0.25) is 11.7 Å². The van der Waals surface area contributed by atoms with Crippen molar-refractivity contribution in [3.63, 3.8) is 0 Å².